The van der Waals surface area contributed by atoms with E-state index in [1.807, 2.05) is 13.8 Å². The number of hydrogen-bond acceptors (Lipinski definition) is 4. The van der Waals surface area contributed by atoms with Crippen LogP contribution in [0.2, 0.25) is 0 Å². The summed E-state index contributed by atoms with van der Waals surface area (Å²) < 4.78 is 0. The zero-order valence-corrected chi connectivity index (χ0v) is 16.0. The minimum absolute atomic E-state index is 0.102. The second-order valence-electron chi connectivity index (χ2n) is 7.51. The Kier molecular flexibility index (Phi) is 5.30. The third-order valence-electron chi connectivity index (χ3n) is 5.10. The van der Waals surface area contributed by atoms with E-state index in [1.54, 1.807) is 41.0 Å². The van der Waals surface area contributed by atoms with Crippen molar-refractivity contribution in [2.75, 3.05) is 26.2 Å². The lowest BCUT2D eigenvalue weighted by atomic mass is 10.1. The third kappa shape index (κ3) is 3.59. The van der Waals surface area contributed by atoms with E-state index in [-0.39, 0.29) is 11.8 Å². The molecule has 27 heavy (non-hydrogen) atoms. The van der Waals surface area contributed by atoms with Gasteiger partial charge in [-0.05, 0) is 25.0 Å². The van der Waals surface area contributed by atoms with Gasteiger partial charge < -0.3 is 9.80 Å². The second-order valence-corrected chi connectivity index (χ2v) is 7.51. The largest absolute Gasteiger partial charge is 0.339 e. The number of carbonyl (C=O) groups excluding carboxylic acids is 4. The quantitative estimate of drug-likeness (QED) is 0.750. The maximum Gasteiger partial charge on any atom is 0.262 e. The number of imide groups is 1. The van der Waals surface area contributed by atoms with Gasteiger partial charge in [0.05, 0.1) is 11.1 Å². The van der Waals surface area contributed by atoms with Crippen molar-refractivity contribution in [1.29, 1.82) is 0 Å². The van der Waals surface area contributed by atoms with Crippen LogP contribution in [0.25, 0.3) is 0 Å². The summed E-state index contributed by atoms with van der Waals surface area (Å²) in [6.07, 6.45) is 0.499. The molecule has 2 aliphatic rings. The minimum Gasteiger partial charge on any atom is -0.339 e. The molecule has 1 aromatic carbocycles. The number of amides is 4. The van der Waals surface area contributed by atoms with Gasteiger partial charge >= 0.3 is 0 Å². The first-order chi connectivity index (χ1) is 12.8. The number of piperazine rings is 1. The van der Waals surface area contributed by atoms with Crippen molar-refractivity contribution in [3.63, 3.8) is 0 Å². The molecule has 144 valence electrons. The van der Waals surface area contributed by atoms with Gasteiger partial charge in [-0.1, -0.05) is 26.0 Å². The van der Waals surface area contributed by atoms with Crippen LogP contribution in [0.15, 0.2) is 24.3 Å². The van der Waals surface area contributed by atoms with E-state index in [2.05, 4.69) is 0 Å². The van der Waals surface area contributed by atoms with Crippen molar-refractivity contribution in [2.24, 2.45) is 5.92 Å². The Hall–Kier alpha value is -2.70. The van der Waals surface area contributed by atoms with Crippen LogP contribution in [0.1, 0.15) is 47.9 Å². The fourth-order valence-corrected chi connectivity index (χ4v) is 3.59. The van der Waals surface area contributed by atoms with Gasteiger partial charge in [0.15, 0.2) is 0 Å². The minimum atomic E-state index is -0.865. The van der Waals surface area contributed by atoms with E-state index in [0.717, 1.165) is 4.90 Å². The summed E-state index contributed by atoms with van der Waals surface area (Å²) >= 11 is 0. The lowest BCUT2D eigenvalue weighted by molar-refractivity contribution is -0.142. The molecule has 4 amide bonds. The molecule has 2 aliphatic heterocycles. The number of nitrogens with zero attached hydrogens (tertiary/aromatic N) is 3. The molecule has 0 spiro atoms. The van der Waals surface area contributed by atoms with Crippen LogP contribution in [0, 0.1) is 5.92 Å². The van der Waals surface area contributed by atoms with E-state index < -0.39 is 17.9 Å². The zero-order chi connectivity index (χ0) is 19.7. The molecule has 1 aromatic rings. The van der Waals surface area contributed by atoms with Crippen LogP contribution in [0.3, 0.4) is 0 Å². The monoisotopic (exact) mass is 371 g/mol. The average molecular weight is 371 g/mol. The fraction of sp³-hybridized carbons (Fsp3) is 0.500. The highest BCUT2D eigenvalue weighted by atomic mass is 16.2. The fourth-order valence-electron chi connectivity index (χ4n) is 3.59. The maximum atomic E-state index is 12.9. The number of rotatable bonds is 4. The predicted molar refractivity (Wildman–Crippen MR) is 99.0 cm³/mol. The highest BCUT2D eigenvalue weighted by molar-refractivity contribution is 6.22. The van der Waals surface area contributed by atoms with Gasteiger partial charge in [-0.2, -0.15) is 0 Å². The van der Waals surface area contributed by atoms with E-state index >= 15 is 0 Å². The standard InChI is InChI=1S/C20H25N3O4/c1-13(2)12-17(24)21-8-10-22(11-9-21)18(25)14(3)23-19(26)15-6-4-5-7-16(15)20(23)27/h4-7,13-14H,8-12H2,1-3H3. The average Bonchev–Trinajstić information content (AvgIpc) is 2.91. The van der Waals surface area contributed by atoms with Crippen LogP contribution in [-0.4, -0.2) is 70.5 Å². The highest BCUT2D eigenvalue weighted by Gasteiger charge is 2.42. The predicted octanol–water partition coefficient (Wildman–Crippen LogP) is 1.39. The molecule has 7 heteroatoms. The summed E-state index contributed by atoms with van der Waals surface area (Å²) in [5, 5.41) is 0. The first-order valence-electron chi connectivity index (χ1n) is 9.34. The molecule has 7 nitrogen and oxygen atoms in total. The molecule has 1 fully saturated rings. The molecule has 0 aliphatic carbocycles. The Balaban J connectivity index is 1.63. The van der Waals surface area contributed by atoms with Gasteiger partial charge in [-0.3, -0.25) is 24.1 Å². The number of hydrogen-bond donors (Lipinski definition) is 0. The first-order valence-corrected chi connectivity index (χ1v) is 9.34. The lowest BCUT2D eigenvalue weighted by Gasteiger charge is -2.37. The van der Waals surface area contributed by atoms with Crippen LogP contribution >= 0.6 is 0 Å². The molecule has 1 unspecified atom stereocenters. The van der Waals surface area contributed by atoms with E-state index in [4.69, 9.17) is 0 Å². The molecule has 0 bridgehead atoms. The Labute approximate surface area is 158 Å². The summed E-state index contributed by atoms with van der Waals surface area (Å²) in [4.78, 5) is 54.6. The summed E-state index contributed by atoms with van der Waals surface area (Å²) in [5.41, 5.74) is 0.678. The zero-order valence-electron chi connectivity index (χ0n) is 16.0. The smallest absolute Gasteiger partial charge is 0.262 e. The van der Waals surface area contributed by atoms with Crippen LogP contribution in [0.5, 0.6) is 0 Å². The van der Waals surface area contributed by atoms with Gasteiger partial charge in [-0.15, -0.1) is 0 Å². The molecule has 0 aromatic heterocycles. The lowest BCUT2D eigenvalue weighted by Crippen LogP contribution is -2.56. The van der Waals surface area contributed by atoms with Crippen molar-refractivity contribution >= 4 is 23.6 Å². The van der Waals surface area contributed by atoms with Crippen molar-refractivity contribution in [3.05, 3.63) is 35.4 Å². The second kappa shape index (κ2) is 7.50. The molecule has 3 rings (SSSR count). The van der Waals surface area contributed by atoms with Gasteiger partial charge in [-0.25, -0.2) is 0 Å². The van der Waals surface area contributed by atoms with Gasteiger partial charge in [0.1, 0.15) is 6.04 Å². The van der Waals surface area contributed by atoms with Crippen molar-refractivity contribution in [1.82, 2.24) is 14.7 Å². The number of fused-ring (bicyclic) bond motifs is 1. The Morgan fingerprint density at radius 3 is 1.85 bits per heavy atom. The van der Waals surface area contributed by atoms with E-state index in [1.165, 1.54) is 0 Å². The molecule has 0 N–H and O–H groups in total. The first kappa shape index (κ1) is 19.1. The van der Waals surface area contributed by atoms with Crippen molar-refractivity contribution in [3.8, 4) is 0 Å². The van der Waals surface area contributed by atoms with E-state index in [0.29, 0.717) is 49.6 Å². The van der Waals surface area contributed by atoms with Gasteiger partial charge in [0.2, 0.25) is 11.8 Å². The highest BCUT2D eigenvalue weighted by Crippen LogP contribution is 2.25. The molecule has 2 heterocycles. The Morgan fingerprint density at radius 2 is 1.37 bits per heavy atom. The summed E-state index contributed by atoms with van der Waals surface area (Å²) in [5.74, 6) is -0.721. The molecule has 0 saturated carbocycles. The summed E-state index contributed by atoms with van der Waals surface area (Å²) in [7, 11) is 0. The number of carbonyl (C=O) groups is 4. The Morgan fingerprint density at radius 1 is 0.889 bits per heavy atom. The molecule has 0 radical (unpaired) electrons. The van der Waals surface area contributed by atoms with E-state index in [9.17, 15) is 19.2 Å². The van der Waals surface area contributed by atoms with Crippen LogP contribution < -0.4 is 0 Å². The third-order valence-corrected chi connectivity index (χ3v) is 5.10. The van der Waals surface area contributed by atoms with Crippen molar-refractivity contribution in [2.45, 2.75) is 33.2 Å². The molecule has 1 atom stereocenters. The Bertz CT molecular complexity index is 746. The summed E-state index contributed by atoms with van der Waals surface area (Å²) in [6.45, 7) is 7.37. The SMILES string of the molecule is CC(C)CC(=O)N1CCN(C(=O)C(C)N2C(=O)c3ccccc3C2=O)CC1. The van der Waals surface area contributed by atoms with Crippen molar-refractivity contribution < 1.29 is 19.2 Å². The number of benzene rings is 1. The molecule has 1 saturated heterocycles. The van der Waals surface area contributed by atoms with Gasteiger partial charge in [0, 0.05) is 32.6 Å². The van der Waals surface area contributed by atoms with Crippen LogP contribution in [0.4, 0.5) is 0 Å². The van der Waals surface area contributed by atoms with Gasteiger partial charge in [0.25, 0.3) is 11.8 Å². The maximum absolute atomic E-state index is 12.9. The topological polar surface area (TPSA) is 78.0 Å². The molecular formula is C20H25N3O4. The van der Waals surface area contributed by atoms with Crippen LogP contribution in [-0.2, 0) is 9.59 Å². The summed E-state index contributed by atoms with van der Waals surface area (Å²) in [6, 6.07) is 5.74. The molecular weight excluding hydrogens is 346 g/mol. The normalized spacial score (nSPS) is 18.1.